The fourth-order valence-electron chi connectivity index (χ4n) is 8.06. The Hall–Kier alpha value is -0.910. The van der Waals surface area contributed by atoms with Crippen molar-refractivity contribution in [3.63, 3.8) is 0 Å². The molecule has 2 N–H and O–H groups in total. The molecule has 0 radical (unpaired) electrons. The summed E-state index contributed by atoms with van der Waals surface area (Å²) in [5, 5.41) is 15.6. The van der Waals surface area contributed by atoms with Crippen molar-refractivity contribution in [1.29, 1.82) is 0 Å². The van der Waals surface area contributed by atoms with Crippen LogP contribution in [0.5, 0.6) is 0 Å². The van der Waals surface area contributed by atoms with Crippen LogP contribution in [-0.4, -0.2) is 66.2 Å². The largest absolute Gasteiger partial charge is 0.465 e. The molecular weight excluding hydrogens is 549 g/mol. The predicted octanol–water partition coefficient (Wildman–Crippen LogP) is 4.62. The smallest absolute Gasteiger partial charge is 0.404 e. The van der Waals surface area contributed by atoms with Gasteiger partial charge in [-0.05, 0) is 90.7 Å². The molecule has 4 aliphatic rings. The average molecular weight is 590 g/mol. The Morgan fingerprint density at radius 2 is 1.71 bits per heavy atom. The van der Waals surface area contributed by atoms with Crippen molar-refractivity contribution in [1.82, 2.24) is 15.1 Å². The minimum absolute atomic E-state index is 0.0521. The van der Waals surface area contributed by atoms with Crippen molar-refractivity contribution in [2.24, 2.45) is 16.2 Å². The maximum atomic E-state index is 10.4. The summed E-state index contributed by atoms with van der Waals surface area (Å²) in [6, 6.07) is 0. The number of halogens is 1. The molecule has 0 aliphatic heterocycles. The number of nitrogens with one attached hydrogen (secondary N) is 1. The van der Waals surface area contributed by atoms with Crippen LogP contribution in [0.1, 0.15) is 64.5 Å². The van der Waals surface area contributed by atoms with E-state index in [-0.39, 0.29) is 11.0 Å². The first-order chi connectivity index (χ1) is 16.1. The van der Waals surface area contributed by atoms with E-state index in [1.807, 2.05) is 6.20 Å². The van der Waals surface area contributed by atoms with Crippen LogP contribution in [0.4, 0.5) is 4.79 Å². The number of hydrogen-bond donors (Lipinski definition) is 2. The van der Waals surface area contributed by atoms with Gasteiger partial charge in [0, 0.05) is 25.4 Å². The first-order valence-electron chi connectivity index (χ1n) is 12.5. The highest BCUT2D eigenvalue weighted by molar-refractivity contribution is 14.1. The van der Waals surface area contributed by atoms with E-state index in [0.29, 0.717) is 56.8 Å². The molecule has 4 fully saturated rings. The van der Waals surface area contributed by atoms with E-state index < -0.39 is 6.09 Å². The quantitative estimate of drug-likeness (QED) is 0.258. The van der Waals surface area contributed by atoms with Crippen molar-refractivity contribution in [2.45, 2.75) is 77.9 Å². The first-order valence-corrected chi connectivity index (χ1v) is 13.6. The number of nitrogens with zero attached hydrogens (tertiary/aromatic N) is 2. The zero-order valence-electron chi connectivity index (χ0n) is 20.8. The van der Waals surface area contributed by atoms with Crippen LogP contribution in [0.15, 0.2) is 6.20 Å². The summed E-state index contributed by atoms with van der Waals surface area (Å²) in [6.45, 7) is 11.3. The molecule has 9 heteroatoms. The number of carboxylic acid groups (broad SMARTS) is 1. The lowest BCUT2D eigenvalue weighted by Crippen LogP contribution is -2.64. The molecule has 1 heterocycles. The fourth-order valence-corrected chi connectivity index (χ4v) is 8.46. The minimum atomic E-state index is -0.998. The molecule has 34 heavy (non-hydrogen) atoms. The van der Waals surface area contributed by atoms with Crippen LogP contribution < -0.4 is 5.32 Å². The van der Waals surface area contributed by atoms with Crippen molar-refractivity contribution >= 4 is 28.7 Å². The van der Waals surface area contributed by atoms with Gasteiger partial charge in [-0.2, -0.15) is 5.10 Å². The second-order valence-electron chi connectivity index (χ2n) is 11.8. The van der Waals surface area contributed by atoms with E-state index in [1.54, 1.807) is 0 Å². The average Bonchev–Trinajstić information content (AvgIpc) is 3.00. The van der Waals surface area contributed by atoms with E-state index in [1.165, 1.54) is 28.5 Å². The number of rotatable bonds is 13. The third-order valence-corrected chi connectivity index (χ3v) is 8.99. The Morgan fingerprint density at radius 1 is 1.06 bits per heavy atom. The molecule has 1 amide bonds. The standard InChI is InChI=1S/C25H40IN3O5/c1-19-20(26)11-28-29(19)18-24-13-22(2)12-23(3,14-24)16-25(15-22,17-24)34-10-9-33-8-7-32-6-4-5-27-21(30)31/h11,27H,4-10,12-18H2,1-3H3,(H,30,31). The lowest BCUT2D eigenvalue weighted by atomic mass is 9.39. The van der Waals surface area contributed by atoms with Gasteiger partial charge in [0.05, 0.1) is 41.8 Å². The molecular formula is C25H40IN3O5. The molecule has 0 aromatic carbocycles. The Bertz CT molecular complexity index is 857. The Kier molecular flexibility index (Phi) is 7.86. The molecule has 0 saturated heterocycles. The number of amides is 1. The van der Waals surface area contributed by atoms with Crippen LogP contribution in [0.25, 0.3) is 0 Å². The summed E-state index contributed by atoms with van der Waals surface area (Å²) >= 11 is 2.38. The van der Waals surface area contributed by atoms with Crippen molar-refractivity contribution in [2.75, 3.05) is 39.6 Å². The predicted molar refractivity (Wildman–Crippen MR) is 137 cm³/mol. The minimum Gasteiger partial charge on any atom is -0.465 e. The summed E-state index contributed by atoms with van der Waals surface area (Å²) in [5.74, 6) is 0. The maximum absolute atomic E-state index is 10.4. The molecule has 4 saturated carbocycles. The van der Waals surface area contributed by atoms with Gasteiger partial charge in [0.2, 0.25) is 0 Å². The number of hydrogen-bond acceptors (Lipinski definition) is 5. The second-order valence-corrected chi connectivity index (χ2v) is 12.9. The van der Waals surface area contributed by atoms with E-state index in [9.17, 15) is 4.79 Å². The van der Waals surface area contributed by atoms with Gasteiger partial charge in [-0.1, -0.05) is 13.8 Å². The molecule has 192 valence electrons. The topological polar surface area (TPSA) is 94.8 Å². The molecule has 4 aliphatic carbocycles. The number of carbonyl (C=O) groups is 1. The van der Waals surface area contributed by atoms with Crippen LogP contribution in [-0.2, 0) is 20.8 Å². The Morgan fingerprint density at radius 3 is 2.32 bits per heavy atom. The van der Waals surface area contributed by atoms with Crippen LogP contribution in [0, 0.1) is 26.7 Å². The summed E-state index contributed by atoms with van der Waals surface area (Å²) < 4.78 is 21.4. The lowest BCUT2D eigenvalue weighted by Gasteiger charge is -2.69. The molecule has 5 rings (SSSR count). The van der Waals surface area contributed by atoms with Crippen molar-refractivity contribution in [3.05, 3.63) is 15.5 Å². The highest BCUT2D eigenvalue weighted by atomic mass is 127. The maximum Gasteiger partial charge on any atom is 0.404 e. The third kappa shape index (κ3) is 6.07. The summed E-state index contributed by atoms with van der Waals surface area (Å²) in [4.78, 5) is 10.4. The van der Waals surface area contributed by atoms with Crippen molar-refractivity contribution in [3.8, 4) is 0 Å². The van der Waals surface area contributed by atoms with Crippen LogP contribution >= 0.6 is 22.6 Å². The van der Waals surface area contributed by atoms with Gasteiger partial charge in [0.15, 0.2) is 0 Å². The Balaban J connectivity index is 1.25. The van der Waals surface area contributed by atoms with Crippen LogP contribution in [0.3, 0.4) is 0 Å². The van der Waals surface area contributed by atoms with E-state index in [2.05, 4.69) is 53.4 Å². The zero-order valence-corrected chi connectivity index (χ0v) is 23.0. The normalized spacial score (nSPS) is 34.0. The van der Waals surface area contributed by atoms with Gasteiger partial charge in [-0.15, -0.1) is 0 Å². The van der Waals surface area contributed by atoms with E-state index >= 15 is 0 Å². The van der Waals surface area contributed by atoms with Crippen molar-refractivity contribution < 1.29 is 24.1 Å². The third-order valence-electron chi connectivity index (χ3n) is 7.93. The molecule has 8 nitrogen and oxygen atoms in total. The SMILES string of the molecule is Cc1c(I)cnn1CC12CC3(C)CC(C)(C1)CC(OCCOCCOCCCNC(=O)O)(C3)C2. The molecule has 1 aromatic rings. The van der Waals surface area contributed by atoms with Gasteiger partial charge in [0.1, 0.15) is 0 Å². The molecule has 2 atom stereocenters. The first kappa shape index (κ1) is 26.2. The van der Waals surface area contributed by atoms with Gasteiger partial charge in [-0.3, -0.25) is 4.68 Å². The highest BCUT2D eigenvalue weighted by Gasteiger charge is 2.66. The summed E-state index contributed by atoms with van der Waals surface area (Å²) in [6.07, 6.45) is 8.92. The monoisotopic (exact) mass is 589 g/mol. The number of ether oxygens (including phenoxy) is 3. The Labute approximate surface area is 216 Å². The zero-order chi connectivity index (χ0) is 24.5. The highest BCUT2D eigenvalue weighted by Crippen LogP contribution is 2.72. The number of aromatic nitrogens is 2. The molecule has 4 bridgehead atoms. The fraction of sp³-hybridized carbons (Fsp3) is 0.840. The van der Waals surface area contributed by atoms with E-state index in [0.717, 1.165) is 25.8 Å². The second kappa shape index (κ2) is 10.2. The van der Waals surface area contributed by atoms with Gasteiger partial charge in [0.25, 0.3) is 0 Å². The summed E-state index contributed by atoms with van der Waals surface area (Å²) in [7, 11) is 0. The molecule has 0 spiro atoms. The van der Waals surface area contributed by atoms with E-state index in [4.69, 9.17) is 24.4 Å². The van der Waals surface area contributed by atoms with Crippen LogP contribution in [0.2, 0.25) is 0 Å². The summed E-state index contributed by atoms with van der Waals surface area (Å²) in [5.41, 5.74) is 2.14. The van der Waals surface area contributed by atoms with Gasteiger partial charge < -0.3 is 24.6 Å². The molecule has 1 aromatic heterocycles. The van der Waals surface area contributed by atoms with Gasteiger partial charge in [-0.25, -0.2) is 4.79 Å². The lowest BCUT2D eigenvalue weighted by molar-refractivity contribution is -0.250. The van der Waals surface area contributed by atoms with Gasteiger partial charge >= 0.3 is 6.09 Å². The molecule has 2 unspecified atom stereocenters.